The first-order valence-electron chi connectivity index (χ1n) is 8.76. The third-order valence-electron chi connectivity index (χ3n) is 4.66. The number of nitrogens with zero attached hydrogens (tertiary/aromatic N) is 6. The van der Waals surface area contributed by atoms with Crippen molar-refractivity contribution in [2.75, 3.05) is 31.1 Å². The molecule has 134 valence electrons. The third kappa shape index (κ3) is 3.37. The normalized spacial score (nSPS) is 14.0. The molecule has 3 heterocycles. The van der Waals surface area contributed by atoms with Crippen LogP contribution in [0.4, 0.5) is 5.82 Å². The van der Waals surface area contributed by atoms with Gasteiger partial charge in [0.05, 0.1) is 11.3 Å². The summed E-state index contributed by atoms with van der Waals surface area (Å²) in [6.45, 7) is 2.51. The predicted octanol–water partition coefficient (Wildman–Crippen LogP) is 2.10. The largest absolute Gasteiger partial charge is 0.352 e. The minimum atomic E-state index is 0.0168. The molecule has 7 nitrogen and oxygen atoms in total. The molecule has 3 aromatic rings. The second-order valence-electron chi connectivity index (χ2n) is 6.26. The van der Waals surface area contributed by atoms with Gasteiger partial charge in [-0.3, -0.25) is 4.79 Å². The van der Waals surface area contributed by atoms with Crippen LogP contribution >= 0.6 is 0 Å². The number of carbonyl (C=O) groups is 1. The van der Waals surface area contributed by atoms with Crippen LogP contribution in [-0.2, 0) is 0 Å². The molecular weight excluding hydrogens is 340 g/mol. The van der Waals surface area contributed by atoms with Gasteiger partial charge >= 0.3 is 0 Å². The van der Waals surface area contributed by atoms with Crippen molar-refractivity contribution < 1.29 is 4.79 Å². The third-order valence-corrected chi connectivity index (χ3v) is 4.66. The standard InChI is InChI=1S/C20H18N6O/c21-15-17-3-1-8-22-19(17)24-11-13-25(14-12-24)20(27)16-4-6-18(7-5-16)26-10-2-9-23-26/h1-10H,11-14H2. The maximum absolute atomic E-state index is 12.8. The Labute approximate surface area is 157 Å². The summed E-state index contributed by atoms with van der Waals surface area (Å²) in [7, 11) is 0. The zero-order valence-electron chi connectivity index (χ0n) is 14.7. The Morgan fingerprint density at radius 3 is 2.44 bits per heavy atom. The van der Waals surface area contributed by atoms with E-state index in [1.807, 2.05) is 41.4 Å². The number of pyridine rings is 1. The number of hydrogen-bond donors (Lipinski definition) is 0. The van der Waals surface area contributed by atoms with Gasteiger partial charge in [0.25, 0.3) is 5.91 Å². The van der Waals surface area contributed by atoms with E-state index in [0.29, 0.717) is 43.1 Å². The van der Waals surface area contributed by atoms with Gasteiger partial charge in [0, 0.05) is 50.3 Å². The van der Waals surface area contributed by atoms with Gasteiger partial charge in [-0.05, 0) is 42.5 Å². The molecule has 0 bridgehead atoms. The zero-order valence-corrected chi connectivity index (χ0v) is 14.7. The van der Waals surface area contributed by atoms with Crippen molar-refractivity contribution in [1.29, 1.82) is 5.26 Å². The summed E-state index contributed by atoms with van der Waals surface area (Å²) in [4.78, 5) is 21.0. The molecule has 4 rings (SSSR count). The molecule has 1 fully saturated rings. The van der Waals surface area contributed by atoms with Gasteiger partial charge in [-0.1, -0.05) is 0 Å². The van der Waals surface area contributed by atoms with E-state index in [-0.39, 0.29) is 5.91 Å². The minimum absolute atomic E-state index is 0.0168. The number of aromatic nitrogens is 3. The molecule has 2 aromatic heterocycles. The topological polar surface area (TPSA) is 78.0 Å². The van der Waals surface area contributed by atoms with Crippen LogP contribution in [0.3, 0.4) is 0 Å². The highest BCUT2D eigenvalue weighted by Gasteiger charge is 2.24. The van der Waals surface area contributed by atoms with Crippen LogP contribution in [0.1, 0.15) is 15.9 Å². The molecular formula is C20H18N6O. The molecule has 1 amide bonds. The first kappa shape index (κ1) is 16.8. The maximum atomic E-state index is 12.8. The van der Waals surface area contributed by atoms with Crippen molar-refractivity contribution in [2.45, 2.75) is 0 Å². The maximum Gasteiger partial charge on any atom is 0.253 e. The molecule has 0 radical (unpaired) electrons. The molecule has 0 spiro atoms. The Hall–Kier alpha value is -3.66. The number of amides is 1. The van der Waals surface area contributed by atoms with Crippen LogP contribution < -0.4 is 4.90 Å². The van der Waals surface area contributed by atoms with Crippen molar-refractivity contribution in [3.8, 4) is 11.8 Å². The molecule has 1 aliphatic heterocycles. The van der Waals surface area contributed by atoms with E-state index in [4.69, 9.17) is 0 Å². The number of piperazine rings is 1. The van der Waals surface area contributed by atoms with Gasteiger partial charge in [-0.25, -0.2) is 9.67 Å². The molecule has 0 N–H and O–H groups in total. The van der Waals surface area contributed by atoms with E-state index in [1.54, 1.807) is 29.2 Å². The summed E-state index contributed by atoms with van der Waals surface area (Å²) >= 11 is 0. The van der Waals surface area contributed by atoms with Crippen LogP contribution in [0.25, 0.3) is 5.69 Å². The lowest BCUT2D eigenvalue weighted by Crippen LogP contribution is -2.49. The number of anilines is 1. The minimum Gasteiger partial charge on any atom is -0.352 e. The second kappa shape index (κ2) is 7.30. The number of benzene rings is 1. The smallest absolute Gasteiger partial charge is 0.253 e. The molecule has 1 saturated heterocycles. The highest BCUT2D eigenvalue weighted by atomic mass is 16.2. The number of hydrogen-bond acceptors (Lipinski definition) is 5. The summed E-state index contributed by atoms with van der Waals surface area (Å²) in [5.41, 5.74) is 2.14. The predicted molar refractivity (Wildman–Crippen MR) is 101 cm³/mol. The molecule has 27 heavy (non-hydrogen) atoms. The fourth-order valence-corrected chi connectivity index (χ4v) is 3.22. The van der Waals surface area contributed by atoms with E-state index in [0.717, 1.165) is 5.69 Å². The number of nitriles is 1. The summed E-state index contributed by atoms with van der Waals surface area (Å²) < 4.78 is 1.76. The Balaban J connectivity index is 1.42. The molecule has 1 aliphatic rings. The van der Waals surface area contributed by atoms with Crippen LogP contribution in [0.15, 0.2) is 61.1 Å². The van der Waals surface area contributed by atoms with Crippen LogP contribution in [-0.4, -0.2) is 51.8 Å². The monoisotopic (exact) mass is 358 g/mol. The number of carbonyl (C=O) groups excluding carboxylic acids is 1. The van der Waals surface area contributed by atoms with E-state index < -0.39 is 0 Å². The number of rotatable bonds is 3. The Kier molecular flexibility index (Phi) is 4.54. The summed E-state index contributed by atoms with van der Waals surface area (Å²) in [6, 6.07) is 15.0. The summed E-state index contributed by atoms with van der Waals surface area (Å²) in [6.07, 6.45) is 5.27. The summed E-state index contributed by atoms with van der Waals surface area (Å²) in [5.74, 6) is 0.707. The molecule has 0 unspecified atom stereocenters. The van der Waals surface area contributed by atoms with Crippen molar-refractivity contribution in [2.24, 2.45) is 0 Å². The van der Waals surface area contributed by atoms with Gasteiger partial charge in [0.1, 0.15) is 11.9 Å². The molecule has 1 aromatic carbocycles. The second-order valence-corrected chi connectivity index (χ2v) is 6.26. The molecule has 0 atom stereocenters. The Morgan fingerprint density at radius 1 is 1.00 bits per heavy atom. The van der Waals surface area contributed by atoms with Crippen LogP contribution in [0, 0.1) is 11.3 Å². The lowest BCUT2D eigenvalue weighted by Gasteiger charge is -2.35. The van der Waals surface area contributed by atoms with Crippen molar-refractivity contribution >= 4 is 11.7 Å². The lowest BCUT2D eigenvalue weighted by atomic mass is 10.1. The highest BCUT2D eigenvalue weighted by Crippen LogP contribution is 2.19. The average molecular weight is 358 g/mol. The van der Waals surface area contributed by atoms with Gasteiger partial charge < -0.3 is 9.80 Å². The Bertz CT molecular complexity index is 966. The Morgan fingerprint density at radius 2 is 1.78 bits per heavy atom. The first-order chi connectivity index (χ1) is 13.3. The van der Waals surface area contributed by atoms with E-state index in [1.165, 1.54) is 0 Å². The van der Waals surface area contributed by atoms with Crippen molar-refractivity contribution in [1.82, 2.24) is 19.7 Å². The zero-order chi connectivity index (χ0) is 18.6. The summed E-state index contributed by atoms with van der Waals surface area (Å²) in [5, 5.41) is 13.4. The van der Waals surface area contributed by atoms with Crippen molar-refractivity contribution in [3.05, 3.63) is 72.2 Å². The fraction of sp³-hybridized carbons (Fsp3) is 0.200. The highest BCUT2D eigenvalue weighted by molar-refractivity contribution is 5.94. The lowest BCUT2D eigenvalue weighted by molar-refractivity contribution is 0.0746. The molecule has 0 aliphatic carbocycles. The van der Waals surface area contributed by atoms with Gasteiger partial charge in [-0.15, -0.1) is 0 Å². The van der Waals surface area contributed by atoms with Crippen LogP contribution in [0.5, 0.6) is 0 Å². The quantitative estimate of drug-likeness (QED) is 0.716. The van der Waals surface area contributed by atoms with Gasteiger partial charge in [0.2, 0.25) is 0 Å². The average Bonchev–Trinajstić information content (AvgIpc) is 3.28. The van der Waals surface area contributed by atoms with E-state index >= 15 is 0 Å². The van der Waals surface area contributed by atoms with Gasteiger partial charge in [0.15, 0.2) is 0 Å². The SMILES string of the molecule is N#Cc1cccnc1N1CCN(C(=O)c2ccc(-n3cccn3)cc2)CC1. The fourth-order valence-electron chi connectivity index (χ4n) is 3.22. The van der Waals surface area contributed by atoms with Crippen LogP contribution in [0.2, 0.25) is 0 Å². The van der Waals surface area contributed by atoms with Gasteiger partial charge in [-0.2, -0.15) is 10.4 Å². The first-order valence-corrected chi connectivity index (χ1v) is 8.76. The molecule has 0 saturated carbocycles. The van der Waals surface area contributed by atoms with Crippen molar-refractivity contribution in [3.63, 3.8) is 0 Å². The van der Waals surface area contributed by atoms with E-state index in [9.17, 15) is 10.1 Å². The van der Waals surface area contributed by atoms with E-state index in [2.05, 4.69) is 21.1 Å². The molecule has 7 heteroatoms.